The van der Waals surface area contributed by atoms with Crippen LogP contribution in [0.3, 0.4) is 0 Å². The van der Waals surface area contributed by atoms with Gasteiger partial charge in [0, 0.05) is 5.56 Å². The second-order valence-corrected chi connectivity index (χ2v) is 9.11. The minimum absolute atomic E-state index is 0.244. The molecule has 2 aliphatic heterocycles. The van der Waals surface area contributed by atoms with Gasteiger partial charge in [0.05, 0.1) is 40.6 Å². The molecule has 0 N–H and O–H groups in total. The van der Waals surface area contributed by atoms with Gasteiger partial charge in [-0.15, -0.1) is 0 Å². The molecule has 2 aliphatic rings. The van der Waals surface area contributed by atoms with Gasteiger partial charge in [-0.1, -0.05) is 41.7 Å². The third-order valence-electron chi connectivity index (χ3n) is 6.08. The highest BCUT2D eigenvalue weighted by molar-refractivity contribution is 7.07. The first kappa shape index (κ1) is 19.8. The summed E-state index contributed by atoms with van der Waals surface area (Å²) in [7, 11) is 1.33. The summed E-state index contributed by atoms with van der Waals surface area (Å²) in [5, 5.41) is 0. The zero-order valence-electron chi connectivity index (χ0n) is 17.8. The van der Waals surface area contributed by atoms with Crippen LogP contribution in [0.4, 0.5) is 0 Å². The van der Waals surface area contributed by atoms with Gasteiger partial charge in [0.25, 0.3) is 5.56 Å². The van der Waals surface area contributed by atoms with E-state index >= 15 is 0 Å². The number of ether oxygens (including phenoxy) is 2. The van der Waals surface area contributed by atoms with Gasteiger partial charge in [0.1, 0.15) is 11.7 Å². The maximum absolute atomic E-state index is 13.6. The van der Waals surface area contributed by atoms with Crippen molar-refractivity contribution >= 4 is 34.4 Å². The first-order valence-corrected chi connectivity index (χ1v) is 11.2. The van der Waals surface area contributed by atoms with Crippen molar-refractivity contribution in [2.75, 3.05) is 7.11 Å². The molecule has 0 aliphatic carbocycles. The van der Waals surface area contributed by atoms with E-state index in [1.54, 1.807) is 23.8 Å². The molecule has 0 unspecified atom stereocenters. The van der Waals surface area contributed by atoms with E-state index in [-0.39, 0.29) is 5.56 Å². The van der Waals surface area contributed by atoms with Crippen LogP contribution in [0.2, 0.25) is 0 Å². The fraction of sp³-hybridized carbons (Fsp3) is 0.208. The molecule has 0 amide bonds. The van der Waals surface area contributed by atoms with Gasteiger partial charge in [-0.25, -0.2) is 9.98 Å². The number of nitrogens with zero attached hydrogens (tertiary/aromatic N) is 4. The highest BCUT2D eigenvalue weighted by atomic mass is 32.1. The predicted octanol–water partition coefficient (Wildman–Crippen LogP) is 1.80. The smallest absolute Gasteiger partial charge is 0.317 e. The zero-order chi connectivity index (χ0) is 22.7. The molecular weight excluding hydrogens is 440 g/mol. The fourth-order valence-corrected chi connectivity index (χ4v) is 5.69. The van der Waals surface area contributed by atoms with Crippen LogP contribution in [-0.4, -0.2) is 33.3 Å². The molecule has 6 rings (SSSR count). The molecule has 33 heavy (non-hydrogen) atoms. The van der Waals surface area contributed by atoms with Crippen molar-refractivity contribution in [1.82, 2.24) is 14.5 Å². The van der Waals surface area contributed by atoms with E-state index in [2.05, 4.69) is 9.97 Å². The minimum Gasteiger partial charge on any atom is -0.469 e. The number of para-hydroxylation sites is 3. The van der Waals surface area contributed by atoms with E-state index in [0.717, 1.165) is 16.6 Å². The first-order valence-electron chi connectivity index (χ1n) is 10.4. The summed E-state index contributed by atoms with van der Waals surface area (Å²) in [6, 6.07) is 14.4. The predicted molar refractivity (Wildman–Crippen MR) is 122 cm³/mol. The Hall–Kier alpha value is -3.85. The average Bonchev–Trinajstić information content (AvgIpc) is 3.11. The van der Waals surface area contributed by atoms with Crippen LogP contribution in [0.5, 0.6) is 5.75 Å². The maximum Gasteiger partial charge on any atom is 0.317 e. The molecule has 0 saturated heterocycles. The van der Waals surface area contributed by atoms with E-state index in [0.29, 0.717) is 20.8 Å². The van der Waals surface area contributed by atoms with Crippen LogP contribution >= 0.6 is 11.3 Å². The van der Waals surface area contributed by atoms with Gasteiger partial charge in [0.2, 0.25) is 5.72 Å². The third kappa shape index (κ3) is 2.92. The Morgan fingerprint density at radius 2 is 1.94 bits per heavy atom. The van der Waals surface area contributed by atoms with E-state index in [1.165, 1.54) is 18.4 Å². The van der Waals surface area contributed by atoms with Crippen molar-refractivity contribution in [3.63, 3.8) is 0 Å². The molecule has 0 radical (unpaired) electrons. The number of fused-ring (bicyclic) bond motifs is 7. The third-order valence-corrected chi connectivity index (χ3v) is 7.06. The normalized spacial score (nSPS) is 23.3. The van der Waals surface area contributed by atoms with Gasteiger partial charge in [-0.3, -0.25) is 19.1 Å². The lowest BCUT2D eigenvalue weighted by Gasteiger charge is -2.44. The lowest BCUT2D eigenvalue weighted by atomic mass is 9.81. The van der Waals surface area contributed by atoms with Crippen molar-refractivity contribution in [2.24, 2.45) is 10.9 Å². The summed E-state index contributed by atoms with van der Waals surface area (Å²) in [5.41, 5.74) is 1.41. The van der Waals surface area contributed by atoms with Crippen molar-refractivity contribution in [3.05, 3.63) is 85.7 Å². The molecule has 4 heterocycles. The van der Waals surface area contributed by atoms with Gasteiger partial charge in [-0.05, 0) is 31.2 Å². The number of carbonyl (C=O) groups is 1. The highest BCUT2D eigenvalue weighted by Crippen LogP contribution is 2.47. The summed E-state index contributed by atoms with van der Waals surface area (Å²) in [6.45, 7) is 1.75. The Labute approximate surface area is 191 Å². The molecule has 0 fully saturated rings. The Balaban J connectivity index is 1.59. The SMILES string of the molecule is COC(=O)[C@H]1[C@H]2c3ccccc3O[C@@]1(C)N=c1s/c(=C\c3cnc4ccccc4n3)c(=O)n12. The number of aromatic nitrogens is 3. The molecule has 4 aromatic rings. The Bertz CT molecular complexity index is 1630. The monoisotopic (exact) mass is 458 g/mol. The van der Waals surface area contributed by atoms with Crippen molar-refractivity contribution in [2.45, 2.75) is 18.7 Å². The Morgan fingerprint density at radius 3 is 2.76 bits per heavy atom. The number of thiazole rings is 1. The van der Waals surface area contributed by atoms with Gasteiger partial charge < -0.3 is 9.47 Å². The number of hydrogen-bond acceptors (Lipinski definition) is 8. The van der Waals surface area contributed by atoms with E-state index in [9.17, 15) is 9.59 Å². The molecule has 0 saturated carbocycles. The summed E-state index contributed by atoms with van der Waals surface area (Å²) in [6.07, 6.45) is 3.34. The molecule has 2 aromatic heterocycles. The van der Waals surface area contributed by atoms with Crippen molar-refractivity contribution < 1.29 is 14.3 Å². The van der Waals surface area contributed by atoms with Gasteiger partial charge in [0.15, 0.2) is 4.80 Å². The molecule has 9 heteroatoms. The fourth-order valence-electron chi connectivity index (χ4n) is 4.61. The standard InChI is InChI=1S/C24H18N4O4S/c1-24-19(22(30)31-2)20(14-7-3-6-10-17(14)32-24)28-21(29)18(33-23(28)27-24)11-13-12-25-15-8-4-5-9-16(15)26-13/h3-12,19-20H,1-2H3/b18-11-/t19-,20-,24-/m1/s1. The average molecular weight is 458 g/mol. The number of benzene rings is 2. The Morgan fingerprint density at radius 1 is 1.18 bits per heavy atom. The van der Waals surface area contributed by atoms with Crippen LogP contribution in [0.1, 0.15) is 24.2 Å². The lowest BCUT2D eigenvalue weighted by Crippen LogP contribution is -2.58. The molecule has 3 atom stereocenters. The molecule has 2 bridgehead atoms. The summed E-state index contributed by atoms with van der Waals surface area (Å²) < 4.78 is 13.3. The lowest BCUT2D eigenvalue weighted by molar-refractivity contribution is -0.158. The summed E-state index contributed by atoms with van der Waals surface area (Å²) in [5.74, 6) is -0.676. The minimum atomic E-state index is -1.19. The topological polar surface area (TPSA) is 95.7 Å². The quantitative estimate of drug-likeness (QED) is 0.425. The van der Waals surface area contributed by atoms with Crippen LogP contribution in [-0.2, 0) is 9.53 Å². The second kappa shape index (κ2) is 7.08. The van der Waals surface area contributed by atoms with E-state index < -0.39 is 23.7 Å². The number of hydrogen-bond donors (Lipinski definition) is 0. The molecule has 2 aromatic carbocycles. The maximum atomic E-state index is 13.6. The summed E-state index contributed by atoms with van der Waals surface area (Å²) >= 11 is 1.24. The number of carbonyl (C=O) groups excluding carboxylic acids is 1. The van der Waals surface area contributed by atoms with Crippen LogP contribution in [0.15, 0.2) is 64.5 Å². The number of esters is 1. The molecule has 8 nitrogen and oxygen atoms in total. The number of methoxy groups -OCH3 is 1. The molecule has 0 spiro atoms. The van der Waals surface area contributed by atoms with E-state index in [1.807, 2.05) is 48.5 Å². The van der Waals surface area contributed by atoms with Gasteiger partial charge >= 0.3 is 5.97 Å². The summed E-state index contributed by atoms with van der Waals surface area (Å²) in [4.78, 5) is 40.7. The highest BCUT2D eigenvalue weighted by Gasteiger charge is 2.55. The zero-order valence-corrected chi connectivity index (χ0v) is 18.6. The molecular formula is C24H18N4O4S. The first-order chi connectivity index (χ1) is 16.0. The van der Waals surface area contributed by atoms with Crippen LogP contribution < -0.4 is 19.6 Å². The van der Waals surface area contributed by atoms with Crippen molar-refractivity contribution in [3.8, 4) is 5.75 Å². The largest absolute Gasteiger partial charge is 0.469 e. The van der Waals surface area contributed by atoms with Crippen molar-refractivity contribution in [1.29, 1.82) is 0 Å². The van der Waals surface area contributed by atoms with E-state index in [4.69, 9.17) is 14.5 Å². The van der Waals surface area contributed by atoms with Crippen LogP contribution in [0.25, 0.3) is 17.1 Å². The Kier molecular flexibility index (Phi) is 4.25. The second-order valence-electron chi connectivity index (χ2n) is 8.10. The van der Waals surface area contributed by atoms with Gasteiger partial charge in [-0.2, -0.15) is 0 Å². The van der Waals surface area contributed by atoms with Crippen LogP contribution in [0, 0.1) is 5.92 Å². The molecule has 164 valence electrons. The number of rotatable bonds is 2.